The van der Waals surface area contributed by atoms with E-state index in [0.29, 0.717) is 5.69 Å². The number of pyridine rings is 1. The van der Waals surface area contributed by atoms with Crippen molar-refractivity contribution in [2.45, 2.75) is 0 Å². The first-order chi connectivity index (χ1) is 8.99. The number of anilines is 1. The third-order valence-corrected chi connectivity index (χ3v) is 2.47. The quantitative estimate of drug-likeness (QED) is 0.414. The highest BCUT2D eigenvalue weighted by atomic mass is 35.5. The van der Waals surface area contributed by atoms with Crippen LogP contribution in [0.15, 0.2) is 42.7 Å². The van der Waals surface area contributed by atoms with Crippen LogP contribution < -0.4 is 22.7 Å². The summed E-state index contributed by atoms with van der Waals surface area (Å²) < 4.78 is 1.44. The summed E-state index contributed by atoms with van der Waals surface area (Å²) in [6, 6.07) is 6.70. The highest BCUT2D eigenvalue weighted by molar-refractivity contribution is 5.53. The average Bonchev–Trinajstić information content (AvgIpc) is 2.37. The van der Waals surface area contributed by atoms with Gasteiger partial charge in [0.15, 0.2) is 12.4 Å². The number of nitro groups is 2. The summed E-state index contributed by atoms with van der Waals surface area (Å²) in [5, 5.41) is 21.6. The first kappa shape index (κ1) is 15.3. The number of hydrogen-bond acceptors (Lipinski definition) is 5. The van der Waals surface area contributed by atoms with Gasteiger partial charge in [0.1, 0.15) is 6.07 Å². The normalized spacial score (nSPS) is 9.60. The van der Waals surface area contributed by atoms with Crippen LogP contribution in [0.1, 0.15) is 0 Å². The molecule has 2 N–H and O–H groups in total. The number of nitro benzene ring substituents is 2. The van der Waals surface area contributed by atoms with Gasteiger partial charge in [-0.1, -0.05) is 0 Å². The topological polar surface area (TPSA) is 116 Å². The molecule has 2 aromatic rings. The van der Waals surface area contributed by atoms with Crippen molar-refractivity contribution >= 4 is 17.1 Å². The molecular weight excluding hydrogens is 288 g/mol. The van der Waals surface area contributed by atoms with Gasteiger partial charge in [-0.15, -0.1) is 0 Å². The lowest BCUT2D eigenvalue weighted by Crippen LogP contribution is -3.00. The van der Waals surface area contributed by atoms with Gasteiger partial charge in [-0.05, 0) is 6.07 Å². The molecule has 0 saturated heterocycles. The molecule has 104 valence electrons. The molecular formula is C11H9ClN4O4. The Morgan fingerprint density at radius 2 is 1.80 bits per heavy atom. The van der Waals surface area contributed by atoms with E-state index in [1.54, 1.807) is 18.3 Å². The third kappa shape index (κ3) is 2.98. The van der Waals surface area contributed by atoms with Crippen molar-refractivity contribution in [3.05, 3.63) is 63.0 Å². The van der Waals surface area contributed by atoms with E-state index in [2.05, 4.69) is 0 Å². The van der Waals surface area contributed by atoms with Crippen LogP contribution in [0.4, 0.5) is 17.1 Å². The Bertz CT molecular complexity index is 677. The molecule has 0 atom stereocenters. The van der Waals surface area contributed by atoms with Crippen molar-refractivity contribution in [1.29, 1.82) is 0 Å². The van der Waals surface area contributed by atoms with Crippen molar-refractivity contribution in [3.8, 4) is 5.69 Å². The van der Waals surface area contributed by atoms with Gasteiger partial charge in [0.2, 0.25) is 0 Å². The highest BCUT2D eigenvalue weighted by Crippen LogP contribution is 2.24. The van der Waals surface area contributed by atoms with Gasteiger partial charge < -0.3 is 18.1 Å². The second kappa shape index (κ2) is 5.93. The van der Waals surface area contributed by atoms with Crippen LogP contribution in [-0.2, 0) is 0 Å². The Morgan fingerprint density at radius 3 is 2.35 bits per heavy atom. The molecule has 0 aliphatic rings. The zero-order chi connectivity index (χ0) is 14.0. The summed E-state index contributed by atoms with van der Waals surface area (Å²) in [4.78, 5) is 20.3. The third-order valence-electron chi connectivity index (χ3n) is 2.47. The van der Waals surface area contributed by atoms with Crippen molar-refractivity contribution in [1.82, 2.24) is 0 Å². The predicted octanol–water partition coefficient (Wildman–Crippen LogP) is -1.63. The zero-order valence-corrected chi connectivity index (χ0v) is 10.7. The SMILES string of the molecule is Nc1ccc[n+](-c2ccc([N+](=O)[O-])cc2[N+](=O)[O-])c1.[Cl-]. The molecule has 0 bridgehead atoms. The van der Waals surface area contributed by atoms with Gasteiger partial charge in [0.05, 0.1) is 15.5 Å². The second-order valence-corrected chi connectivity index (χ2v) is 3.73. The van der Waals surface area contributed by atoms with Crippen molar-refractivity contribution < 1.29 is 26.8 Å². The fraction of sp³-hybridized carbons (Fsp3) is 0. The van der Waals surface area contributed by atoms with E-state index in [4.69, 9.17) is 5.73 Å². The molecule has 0 amide bonds. The van der Waals surface area contributed by atoms with Gasteiger partial charge in [-0.3, -0.25) is 20.2 Å². The first-order valence-corrected chi connectivity index (χ1v) is 5.19. The number of rotatable bonds is 3. The summed E-state index contributed by atoms with van der Waals surface area (Å²) in [7, 11) is 0. The molecule has 8 nitrogen and oxygen atoms in total. The average molecular weight is 297 g/mol. The standard InChI is InChI=1S/C11H9N4O4.ClH/c12-8-2-1-5-13(7-8)10-4-3-9(14(16)17)6-11(10)15(18)19;/h1-7H,12H2;1H/q+1;/p-1. The fourth-order valence-electron chi connectivity index (χ4n) is 1.63. The molecule has 0 fully saturated rings. The summed E-state index contributed by atoms with van der Waals surface area (Å²) in [6.45, 7) is 0. The molecule has 20 heavy (non-hydrogen) atoms. The molecule has 0 radical (unpaired) electrons. The Balaban J connectivity index is 0.00000200. The van der Waals surface area contributed by atoms with Crippen LogP contribution in [0.25, 0.3) is 5.69 Å². The van der Waals surface area contributed by atoms with E-state index >= 15 is 0 Å². The minimum Gasteiger partial charge on any atom is -1.00 e. The van der Waals surface area contributed by atoms with Crippen molar-refractivity contribution in [2.75, 3.05) is 5.73 Å². The number of nitrogens with two attached hydrogens (primary N) is 1. The molecule has 0 spiro atoms. The summed E-state index contributed by atoms with van der Waals surface area (Å²) >= 11 is 0. The maximum Gasteiger partial charge on any atom is 0.347 e. The smallest absolute Gasteiger partial charge is 0.347 e. The summed E-state index contributed by atoms with van der Waals surface area (Å²) in [5.41, 5.74) is 5.55. The number of nitrogen functional groups attached to an aromatic ring is 1. The number of benzene rings is 1. The second-order valence-electron chi connectivity index (χ2n) is 3.73. The van der Waals surface area contributed by atoms with Gasteiger partial charge in [-0.2, -0.15) is 4.57 Å². The Kier molecular flexibility index (Phi) is 4.54. The Morgan fingerprint density at radius 1 is 1.10 bits per heavy atom. The van der Waals surface area contributed by atoms with Crippen LogP contribution in [0, 0.1) is 20.2 Å². The monoisotopic (exact) mass is 296 g/mol. The van der Waals surface area contributed by atoms with E-state index in [1.807, 2.05) is 0 Å². The number of non-ortho nitro benzene ring substituents is 1. The maximum atomic E-state index is 11.0. The summed E-state index contributed by atoms with van der Waals surface area (Å²) in [6.07, 6.45) is 3.07. The molecule has 1 heterocycles. The molecule has 2 rings (SSSR count). The molecule has 0 aliphatic heterocycles. The zero-order valence-electron chi connectivity index (χ0n) is 9.97. The summed E-state index contributed by atoms with van der Waals surface area (Å²) in [5.74, 6) is 0. The lowest BCUT2D eigenvalue weighted by atomic mass is 10.2. The Hall–Kier alpha value is -2.74. The van der Waals surface area contributed by atoms with Crippen LogP contribution in [0.5, 0.6) is 0 Å². The van der Waals surface area contributed by atoms with E-state index in [1.165, 1.54) is 22.9 Å². The van der Waals surface area contributed by atoms with E-state index in [0.717, 1.165) is 6.07 Å². The van der Waals surface area contributed by atoms with E-state index in [9.17, 15) is 20.2 Å². The van der Waals surface area contributed by atoms with Gasteiger partial charge in [0, 0.05) is 18.2 Å². The molecule has 1 aromatic heterocycles. The number of hydrogen-bond donors (Lipinski definition) is 1. The van der Waals surface area contributed by atoms with E-state index < -0.39 is 9.85 Å². The largest absolute Gasteiger partial charge is 1.00 e. The molecule has 0 saturated carbocycles. The lowest BCUT2D eigenvalue weighted by molar-refractivity contribution is -0.600. The molecule has 9 heteroatoms. The van der Waals surface area contributed by atoms with Crippen LogP contribution >= 0.6 is 0 Å². The highest BCUT2D eigenvalue weighted by Gasteiger charge is 2.26. The van der Waals surface area contributed by atoms with Crippen LogP contribution in [0.3, 0.4) is 0 Å². The number of aromatic nitrogens is 1. The van der Waals surface area contributed by atoms with Crippen molar-refractivity contribution in [3.63, 3.8) is 0 Å². The number of nitrogens with zero attached hydrogens (tertiary/aromatic N) is 3. The minimum atomic E-state index is -0.680. The minimum absolute atomic E-state index is 0. The van der Waals surface area contributed by atoms with Crippen molar-refractivity contribution in [2.24, 2.45) is 0 Å². The first-order valence-electron chi connectivity index (χ1n) is 5.19. The molecule has 1 aromatic carbocycles. The molecule has 0 aliphatic carbocycles. The predicted molar refractivity (Wildman–Crippen MR) is 65.7 cm³/mol. The van der Waals surface area contributed by atoms with Crippen LogP contribution in [0.2, 0.25) is 0 Å². The lowest BCUT2D eigenvalue weighted by Gasteiger charge is -1.98. The van der Waals surface area contributed by atoms with Gasteiger partial charge >= 0.3 is 5.69 Å². The Labute approximate surface area is 119 Å². The van der Waals surface area contributed by atoms with Gasteiger partial charge in [-0.25, -0.2) is 0 Å². The van der Waals surface area contributed by atoms with Gasteiger partial charge in [0.25, 0.3) is 11.4 Å². The maximum absolute atomic E-state index is 11.0. The number of halogens is 1. The van der Waals surface area contributed by atoms with Crippen LogP contribution in [-0.4, -0.2) is 9.85 Å². The van der Waals surface area contributed by atoms with E-state index in [-0.39, 0.29) is 29.5 Å². The fourth-order valence-corrected chi connectivity index (χ4v) is 1.63. The molecule has 0 unspecified atom stereocenters.